The van der Waals surface area contributed by atoms with E-state index in [9.17, 15) is 9.90 Å². The van der Waals surface area contributed by atoms with E-state index in [1.807, 2.05) is 43.3 Å². The molecule has 5 nitrogen and oxygen atoms in total. The van der Waals surface area contributed by atoms with E-state index in [0.29, 0.717) is 19.4 Å². The van der Waals surface area contributed by atoms with E-state index in [1.165, 1.54) is 0 Å². The summed E-state index contributed by atoms with van der Waals surface area (Å²) in [5, 5.41) is 13.2. The molecule has 138 valence electrons. The van der Waals surface area contributed by atoms with Gasteiger partial charge in [0.25, 0.3) is 0 Å². The first-order valence-corrected chi connectivity index (χ1v) is 9.14. The number of benzene rings is 2. The van der Waals surface area contributed by atoms with Crippen molar-refractivity contribution in [3.05, 3.63) is 65.2 Å². The van der Waals surface area contributed by atoms with Crippen LogP contribution in [-0.4, -0.2) is 23.6 Å². The Labute approximate surface area is 154 Å². The quantitative estimate of drug-likeness (QED) is 0.744. The van der Waals surface area contributed by atoms with Crippen molar-refractivity contribution < 1.29 is 14.6 Å². The minimum atomic E-state index is -0.503. The SMILES string of the molecule is CCC[C@H](N)C(=O)NC[C@@H]1O[C@H](c2ccccc2)Cc2c(O)cccc21. The highest BCUT2D eigenvalue weighted by atomic mass is 16.5. The summed E-state index contributed by atoms with van der Waals surface area (Å²) >= 11 is 0. The Bertz CT molecular complexity index is 748. The molecule has 0 aromatic heterocycles. The molecule has 2 aromatic rings. The molecule has 0 radical (unpaired) electrons. The molecule has 0 unspecified atom stereocenters. The predicted octanol–water partition coefficient (Wildman–Crippen LogP) is 2.99. The molecule has 0 spiro atoms. The standard InChI is InChI=1S/C21H26N2O3/c1-2-7-17(22)21(25)23-13-20-15-10-6-11-18(24)16(15)12-19(26-20)14-8-4-3-5-9-14/h3-6,8-11,17,19-20,24H,2,7,12-13,22H2,1H3,(H,23,25)/t17-,19-,20-/m0/s1. The zero-order valence-electron chi connectivity index (χ0n) is 15.0. The fourth-order valence-electron chi connectivity index (χ4n) is 3.41. The van der Waals surface area contributed by atoms with E-state index in [1.54, 1.807) is 12.1 Å². The van der Waals surface area contributed by atoms with Gasteiger partial charge in [-0.1, -0.05) is 55.8 Å². The highest BCUT2D eigenvalue weighted by molar-refractivity contribution is 5.81. The lowest BCUT2D eigenvalue weighted by molar-refractivity contribution is -0.123. The molecule has 3 rings (SSSR count). The Morgan fingerprint density at radius 3 is 2.77 bits per heavy atom. The molecule has 0 bridgehead atoms. The minimum Gasteiger partial charge on any atom is -0.508 e. The van der Waals surface area contributed by atoms with Gasteiger partial charge < -0.3 is 20.9 Å². The van der Waals surface area contributed by atoms with Crippen molar-refractivity contribution in [3.63, 3.8) is 0 Å². The second-order valence-corrected chi connectivity index (χ2v) is 6.71. The highest BCUT2D eigenvalue weighted by Gasteiger charge is 2.30. The molecule has 0 fully saturated rings. The van der Waals surface area contributed by atoms with Crippen molar-refractivity contribution in [2.24, 2.45) is 5.73 Å². The number of hydrogen-bond acceptors (Lipinski definition) is 4. The zero-order valence-corrected chi connectivity index (χ0v) is 15.0. The van der Waals surface area contributed by atoms with E-state index < -0.39 is 6.04 Å². The van der Waals surface area contributed by atoms with E-state index in [0.717, 1.165) is 23.1 Å². The van der Waals surface area contributed by atoms with Crippen LogP contribution in [0, 0.1) is 0 Å². The number of phenols is 1. The molecule has 26 heavy (non-hydrogen) atoms. The van der Waals surface area contributed by atoms with E-state index in [-0.39, 0.29) is 23.9 Å². The van der Waals surface area contributed by atoms with Crippen LogP contribution in [0.15, 0.2) is 48.5 Å². The summed E-state index contributed by atoms with van der Waals surface area (Å²) in [4.78, 5) is 12.2. The number of rotatable bonds is 6. The van der Waals surface area contributed by atoms with Gasteiger partial charge in [-0.2, -0.15) is 0 Å². The largest absolute Gasteiger partial charge is 0.508 e. The van der Waals surface area contributed by atoms with Gasteiger partial charge in [-0.05, 0) is 23.6 Å². The summed E-state index contributed by atoms with van der Waals surface area (Å²) in [5.41, 5.74) is 8.74. The van der Waals surface area contributed by atoms with Crippen LogP contribution in [0.5, 0.6) is 5.75 Å². The van der Waals surface area contributed by atoms with Crippen molar-refractivity contribution >= 4 is 5.91 Å². The number of phenolic OH excluding ortho intramolecular Hbond substituents is 1. The molecule has 5 heteroatoms. The van der Waals surface area contributed by atoms with Gasteiger partial charge >= 0.3 is 0 Å². The number of nitrogens with two attached hydrogens (primary N) is 1. The van der Waals surface area contributed by atoms with Gasteiger partial charge in [0.15, 0.2) is 0 Å². The van der Waals surface area contributed by atoms with Crippen LogP contribution in [0.25, 0.3) is 0 Å². The lowest BCUT2D eigenvalue weighted by Gasteiger charge is -2.33. The predicted molar refractivity (Wildman–Crippen MR) is 101 cm³/mol. The third-order valence-corrected chi connectivity index (χ3v) is 4.82. The summed E-state index contributed by atoms with van der Waals surface area (Å²) < 4.78 is 6.28. The Morgan fingerprint density at radius 1 is 1.27 bits per heavy atom. The Balaban J connectivity index is 1.80. The first-order valence-electron chi connectivity index (χ1n) is 9.14. The van der Waals surface area contributed by atoms with Crippen molar-refractivity contribution in [1.82, 2.24) is 5.32 Å². The Hall–Kier alpha value is -2.37. The van der Waals surface area contributed by atoms with Crippen LogP contribution in [0.4, 0.5) is 0 Å². The summed E-state index contributed by atoms with van der Waals surface area (Å²) in [6, 6.07) is 14.9. The monoisotopic (exact) mass is 354 g/mol. The van der Waals surface area contributed by atoms with Crippen molar-refractivity contribution in [3.8, 4) is 5.75 Å². The summed E-state index contributed by atoms with van der Waals surface area (Å²) in [7, 11) is 0. The molecule has 1 amide bonds. The molecule has 1 aliphatic heterocycles. The summed E-state index contributed by atoms with van der Waals surface area (Å²) in [6.07, 6.45) is 1.63. The molecule has 4 N–H and O–H groups in total. The fourth-order valence-corrected chi connectivity index (χ4v) is 3.41. The van der Waals surface area contributed by atoms with Crippen LogP contribution in [0.1, 0.15) is 48.7 Å². The van der Waals surface area contributed by atoms with Crippen LogP contribution in [-0.2, 0) is 16.0 Å². The number of ether oxygens (including phenoxy) is 1. The molecular formula is C21H26N2O3. The number of hydrogen-bond donors (Lipinski definition) is 3. The van der Waals surface area contributed by atoms with E-state index in [4.69, 9.17) is 10.5 Å². The van der Waals surface area contributed by atoms with Gasteiger partial charge in [-0.3, -0.25) is 4.79 Å². The second kappa shape index (κ2) is 8.34. The van der Waals surface area contributed by atoms with E-state index in [2.05, 4.69) is 5.32 Å². The van der Waals surface area contributed by atoms with Crippen LogP contribution < -0.4 is 11.1 Å². The van der Waals surface area contributed by atoms with Gasteiger partial charge in [0.1, 0.15) is 11.9 Å². The molecule has 3 atom stereocenters. The average Bonchev–Trinajstić information content (AvgIpc) is 2.67. The van der Waals surface area contributed by atoms with Crippen molar-refractivity contribution in [2.75, 3.05) is 6.54 Å². The molecule has 0 saturated carbocycles. The Kier molecular flexibility index (Phi) is 5.91. The first kappa shape index (κ1) is 18.4. The topological polar surface area (TPSA) is 84.6 Å². The van der Waals surface area contributed by atoms with Crippen LogP contribution in [0.3, 0.4) is 0 Å². The molecule has 0 saturated heterocycles. The Morgan fingerprint density at radius 2 is 2.04 bits per heavy atom. The maximum atomic E-state index is 12.2. The number of nitrogens with one attached hydrogen (secondary N) is 1. The first-order chi connectivity index (χ1) is 12.6. The molecule has 1 heterocycles. The number of amides is 1. The maximum absolute atomic E-state index is 12.2. The van der Waals surface area contributed by atoms with E-state index >= 15 is 0 Å². The third-order valence-electron chi connectivity index (χ3n) is 4.82. The number of aromatic hydroxyl groups is 1. The second-order valence-electron chi connectivity index (χ2n) is 6.71. The van der Waals surface area contributed by atoms with Gasteiger partial charge in [0.05, 0.1) is 12.1 Å². The van der Waals surface area contributed by atoms with Gasteiger partial charge in [-0.15, -0.1) is 0 Å². The number of carbonyl (C=O) groups excluding carboxylic acids is 1. The summed E-state index contributed by atoms with van der Waals surface area (Å²) in [6.45, 7) is 2.33. The smallest absolute Gasteiger partial charge is 0.237 e. The fraction of sp³-hybridized carbons (Fsp3) is 0.381. The van der Waals surface area contributed by atoms with Crippen LogP contribution >= 0.6 is 0 Å². The molecule has 0 aliphatic carbocycles. The van der Waals surface area contributed by atoms with Gasteiger partial charge in [0.2, 0.25) is 5.91 Å². The average molecular weight is 354 g/mol. The van der Waals surface area contributed by atoms with Crippen molar-refractivity contribution in [2.45, 2.75) is 44.4 Å². The van der Waals surface area contributed by atoms with Crippen LogP contribution in [0.2, 0.25) is 0 Å². The number of carbonyl (C=O) groups is 1. The van der Waals surface area contributed by atoms with Gasteiger partial charge in [-0.25, -0.2) is 0 Å². The minimum absolute atomic E-state index is 0.164. The molecule has 2 aromatic carbocycles. The lowest BCUT2D eigenvalue weighted by Crippen LogP contribution is -2.42. The zero-order chi connectivity index (χ0) is 18.5. The lowest BCUT2D eigenvalue weighted by atomic mass is 9.90. The number of fused-ring (bicyclic) bond motifs is 1. The molecular weight excluding hydrogens is 328 g/mol. The van der Waals surface area contributed by atoms with Crippen molar-refractivity contribution in [1.29, 1.82) is 0 Å². The normalized spacial score (nSPS) is 20.2. The summed E-state index contributed by atoms with van der Waals surface area (Å²) in [5.74, 6) is 0.102. The maximum Gasteiger partial charge on any atom is 0.237 e. The third kappa shape index (κ3) is 4.06. The molecule has 1 aliphatic rings. The van der Waals surface area contributed by atoms with Gasteiger partial charge in [0, 0.05) is 18.5 Å². The highest BCUT2D eigenvalue weighted by Crippen LogP contribution is 2.40.